The lowest BCUT2D eigenvalue weighted by molar-refractivity contribution is 0.631. The number of rotatable bonds is 0. The molecule has 33 heavy (non-hydrogen) atoms. The van der Waals surface area contributed by atoms with E-state index in [2.05, 4.69) is 73.7 Å². The number of hydrogen-bond donors (Lipinski definition) is 2. The zero-order valence-electron chi connectivity index (χ0n) is 16.1. The van der Waals surface area contributed by atoms with Gasteiger partial charge in [-0.1, -0.05) is 59.1 Å². The fourth-order valence-corrected chi connectivity index (χ4v) is 6.13. The number of fused-ring (bicyclic) bond motifs is 2. The molecule has 0 radical (unpaired) electrons. The van der Waals surface area contributed by atoms with Crippen molar-refractivity contribution in [2.24, 2.45) is 0 Å². The monoisotopic (exact) mass is 744 g/mol. The van der Waals surface area contributed by atoms with Gasteiger partial charge in [-0.2, -0.15) is 0 Å². The molecule has 0 aliphatic carbocycles. The van der Waals surface area contributed by atoms with Crippen molar-refractivity contribution in [3.63, 3.8) is 0 Å². The molecule has 0 atom stereocenters. The zero-order chi connectivity index (χ0) is 24.3. The molecule has 0 bridgehead atoms. The van der Waals surface area contributed by atoms with Gasteiger partial charge in [-0.3, -0.25) is 0 Å². The fourth-order valence-electron chi connectivity index (χ4n) is 2.41. The predicted octanol–water partition coefficient (Wildman–Crippen LogP) is 8.91. The maximum absolute atomic E-state index is 13.2. The molecule has 0 saturated carbocycles. The summed E-state index contributed by atoms with van der Waals surface area (Å²) in [7, 11) is 0. The summed E-state index contributed by atoms with van der Waals surface area (Å²) < 4.78 is 43.2. The Morgan fingerprint density at radius 2 is 1.15 bits per heavy atom. The molecular formula is C20H11Br4F3N4S2. The number of anilines is 2. The number of nitrogen functional groups attached to an aromatic ring is 2. The molecule has 2 aromatic heterocycles. The Kier molecular flexibility index (Phi) is 9.15. The van der Waals surface area contributed by atoms with Gasteiger partial charge in [0.25, 0.3) is 0 Å². The van der Waals surface area contributed by atoms with Crippen LogP contribution in [0.2, 0.25) is 0 Å². The van der Waals surface area contributed by atoms with Gasteiger partial charge in [-0.15, -0.1) is 11.3 Å². The highest BCUT2D eigenvalue weighted by Gasteiger charge is 2.08. The Hall–Kier alpha value is -1.25. The van der Waals surface area contributed by atoms with Crippen LogP contribution in [0.4, 0.5) is 24.0 Å². The second kappa shape index (κ2) is 11.5. The molecule has 0 aliphatic rings. The number of benzene rings is 3. The molecule has 5 rings (SSSR count). The lowest BCUT2D eigenvalue weighted by atomic mass is 10.3. The van der Waals surface area contributed by atoms with E-state index in [0.717, 1.165) is 13.9 Å². The third-order valence-electron chi connectivity index (χ3n) is 3.78. The average molecular weight is 748 g/mol. The molecule has 0 aliphatic heterocycles. The van der Waals surface area contributed by atoms with Crippen molar-refractivity contribution < 1.29 is 13.2 Å². The minimum absolute atomic E-state index is 0.179. The standard InChI is InChI=1S/C7H2Br2FNS.C7H4BrFN2S.C6H5BrFN/c8-3-1-4(10)6-5(2-3)12-7(9)11-6;8-3-1-4(9)6-5(2-3)12-7(10)11-6;7-4-1-2-6(9)5(8)3-4/h1-2H;1-2H,(H2,10,11);1-3H,9H2. The van der Waals surface area contributed by atoms with Crippen molar-refractivity contribution in [3.05, 3.63) is 77.3 Å². The van der Waals surface area contributed by atoms with Crippen molar-refractivity contribution in [1.82, 2.24) is 9.97 Å². The van der Waals surface area contributed by atoms with Crippen LogP contribution in [0.25, 0.3) is 20.4 Å². The van der Waals surface area contributed by atoms with Gasteiger partial charge in [0.05, 0.1) is 15.1 Å². The first-order valence-electron chi connectivity index (χ1n) is 8.66. The van der Waals surface area contributed by atoms with Gasteiger partial charge in [0.1, 0.15) is 16.9 Å². The average Bonchev–Trinajstić information content (AvgIpc) is 3.27. The molecular weight excluding hydrogens is 737 g/mol. The Morgan fingerprint density at radius 3 is 1.70 bits per heavy atom. The molecule has 0 fully saturated rings. The number of nitrogens with two attached hydrogens (primary N) is 2. The third kappa shape index (κ3) is 7.12. The van der Waals surface area contributed by atoms with Crippen LogP contribution in [0.3, 0.4) is 0 Å². The van der Waals surface area contributed by atoms with Crippen molar-refractivity contribution in [1.29, 1.82) is 0 Å². The molecule has 0 amide bonds. The number of hydrogen-bond acceptors (Lipinski definition) is 6. The van der Waals surface area contributed by atoms with Gasteiger partial charge in [0, 0.05) is 13.4 Å². The van der Waals surface area contributed by atoms with Crippen molar-refractivity contribution in [2.45, 2.75) is 0 Å². The molecule has 4 N–H and O–H groups in total. The summed E-state index contributed by atoms with van der Waals surface area (Å²) >= 11 is 15.4. The van der Waals surface area contributed by atoms with Gasteiger partial charge in [-0.25, -0.2) is 23.1 Å². The van der Waals surface area contributed by atoms with E-state index in [0.29, 0.717) is 29.0 Å². The Bertz CT molecular complexity index is 1360. The van der Waals surface area contributed by atoms with E-state index in [1.54, 1.807) is 12.1 Å². The summed E-state index contributed by atoms with van der Waals surface area (Å²) in [6, 6.07) is 11.0. The van der Waals surface area contributed by atoms with Crippen LogP contribution >= 0.6 is 86.4 Å². The van der Waals surface area contributed by atoms with Crippen molar-refractivity contribution >= 4 is 118 Å². The highest BCUT2D eigenvalue weighted by Crippen LogP contribution is 2.30. The number of halogens is 7. The van der Waals surface area contributed by atoms with E-state index < -0.39 is 0 Å². The highest BCUT2D eigenvalue weighted by molar-refractivity contribution is 9.11. The second-order valence-corrected chi connectivity index (χ2v) is 12.3. The summed E-state index contributed by atoms with van der Waals surface area (Å²) in [6.45, 7) is 0. The maximum Gasteiger partial charge on any atom is 0.181 e. The minimum Gasteiger partial charge on any atom is -0.396 e. The van der Waals surface area contributed by atoms with E-state index in [-0.39, 0.29) is 23.1 Å². The Balaban J connectivity index is 0.000000141. The topological polar surface area (TPSA) is 77.8 Å². The molecule has 0 saturated heterocycles. The van der Waals surface area contributed by atoms with Crippen LogP contribution < -0.4 is 11.5 Å². The second-order valence-electron chi connectivity index (χ2n) is 6.15. The van der Waals surface area contributed by atoms with Crippen molar-refractivity contribution in [2.75, 3.05) is 11.5 Å². The quantitative estimate of drug-likeness (QED) is 0.155. The summed E-state index contributed by atoms with van der Waals surface area (Å²) in [4.78, 5) is 7.85. The first kappa shape index (κ1) is 26.4. The van der Waals surface area contributed by atoms with Gasteiger partial charge < -0.3 is 11.5 Å². The number of aromatic nitrogens is 2. The zero-order valence-corrected chi connectivity index (χ0v) is 24.0. The Labute approximate surface area is 227 Å². The summed E-state index contributed by atoms with van der Waals surface area (Å²) in [5.41, 5.74) is 11.6. The molecule has 4 nitrogen and oxygen atoms in total. The largest absolute Gasteiger partial charge is 0.396 e. The van der Waals surface area contributed by atoms with E-state index in [9.17, 15) is 13.2 Å². The van der Waals surface area contributed by atoms with Crippen LogP contribution in [-0.2, 0) is 0 Å². The fraction of sp³-hybridized carbons (Fsp3) is 0. The van der Waals surface area contributed by atoms with Gasteiger partial charge in [0.15, 0.2) is 20.7 Å². The number of nitrogens with zero attached hydrogens (tertiary/aromatic N) is 2. The molecule has 5 aromatic rings. The maximum atomic E-state index is 13.2. The predicted molar refractivity (Wildman–Crippen MR) is 145 cm³/mol. The minimum atomic E-state index is -0.385. The van der Waals surface area contributed by atoms with Crippen LogP contribution in [0.15, 0.2) is 59.8 Å². The lowest BCUT2D eigenvalue weighted by Gasteiger charge is -1.93. The molecule has 172 valence electrons. The normalized spacial score (nSPS) is 10.5. The van der Waals surface area contributed by atoms with Crippen LogP contribution in [0, 0.1) is 17.5 Å². The van der Waals surface area contributed by atoms with Crippen LogP contribution in [0.1, 0.15) is 0 Å². The molecule has 3 aromatic carbocycles. The SMILES string of the molecule is Fc1cc(Br)cc2sc(Br)nc12.Nc1ccc(Br)cc1F.Nc1nc2c(F)cc(Br)cc2s1. The summed E-state index contributed by atoms with van der Waals surface area (Å²) in [5, 5.41) is 0.391. The van der Waals surface area contributed by atoms with E-state index in [1.165, 1.54) is 46.9 Å². The molecule has 13 heteroatoms. The third-order valence-corrected chi connectivity index (χ3v) is 7.47. The van der Waals surface area contributed by atoms with Gasteiger partial charge in [0.2, 0.25) is 0 Å². The van der Waals surface area contributed by atoms with E-state index in [1.807, 2.05) is 6.07 Å². The van der Waals surface area contributed by atoms with E-state index in [4.69, 9.17) is 11.5 Å². The van der Waals surface area contributed by atoms with Gasteiger partial charge in [-0.05, 0) is 58.4 Å². The van der Waals surface area contributed by atoms with Crippen LogP contribution in [-0.4, -0.2) is 9.97 Å². The first-order valence-corrected chi connectivity index (χ1v) is 13.5. The summed E-state index contributed by atoms with van der Waals surface area (Å²) in [6.07, 6.45) is 0. The van der Waals surface area contributed by atoms with E-state index >= 15 is 0 Å². The highest BCUT2D eigenvalue weighted by atomic mass is 79.9. The summed E-state index contributed by atoms with van der Waals surface area (Å²) in [5.74, 6) is -1.02. The Morgan fingerprint density at radius 1 is 0.636 bits per heavy atom. The number of thiazole rings is 2. The first-order chi connectivity index (χ1) is 15.5. The van der Waals surface area contributed by atoms with Crippen LogP contribution in [0.5, 0.6) is 0 Å². The molecule has 0 unspecified atom stereocenters. The van der Waals surface area contributed by atoms with Gasteiger partial charge >= 0.3 is 0 Å². The smallest absolute Gasteiger partial charge is 0.181 e. The molecule has 0 spiro atoms. The van der Waals surface area contributed by atoms with Crippen molar-refractivity contribution in [3.8, 4) is 0 Å². The lowest BCUT2D eigenvalue weighted by Crippen LogP contribution is -1.88. The molecule has 2 heterocycles.